The number of aryl methyl sites for hydroxylation is 1. The first-order valence-electron chi connectivity index (χ1n) is 8.31. The van der Waals surface area contributed by atoms with Crippen molar-refractivity contribution < 1.29 is 9.21 Å². The predicted octanol–water partition coefficient (Wildman–Crippen LogP) is 3.90. The molecule has 24 heavy (non-hydrogen) atoms. The molecule has 0 aromatic carbocycles. The van der Waals surface area contributed by atoms with Crippen LogP contribution in [0.1, 0.15) is 47.3 Å². The van der Waals surface area contributed by atoms with Crippen molar-refractivity contribution in [3.8, 4) is 0 Å². The van der Waals surface area contributed by atoms with Gasteiger partial charge in [-0.25, -0.2) is 4.98 Å². The van der Waals surface area contributed by atoms with Crippen LogP contribution in [-0.2, 0) is 0 Å². The molecule has 5 heteroatoms. The van der Waals surface area contributed by atoms with Crippen LogP contribution in [0, 0.1) is 6.92 Å². The SMILES string of the molecule is Cc1ccc(C2CCCCN2C(=O)c2nccc3cccnc23)o1. The van der Waals surface area contributed by atoms with Gasteiger partial charge in [0.05, 0.1) is 6.04 Å². The average molecular weight is 321 g/mol. The van der Waals surface area contributed by atoms with Crippen LogP contribution >= 0.6 is 0 Å². The van der Waals surface area contributed by atoms with Crippen LogP contribution in [0.3, 0.4) is 0 Å². The zero-order valence-electron chi connectivity index (χ0n) is 13.6. The van der Waals surface area contributed by atoms with E-state index in [0.717, 1.165) is 36.2 Å². The molecule has 0 radical (unpaired) electrons. The van der Waals surface area contributed by atoms with Crippen LogP contribution in [-0.4, -0.2) is 27.3 Å². The lowest BCUT2D eigenvalue weighted by Gasteiger charge is -2.34. The molecular formula is C19H19N3O2. The molecule has 5 nitrogen and oxygen atoms in total. The highest BCUT2D eigenvalue weighted by molar-refractivity contribution is 6.03. The fourth-order valence-corrected chi connectivity index (χ4v) is 3.40. The van der Waals surface area contributed by atoms with Gasteiger partial charge < -0.3 is 9.32 Å². The van der Waals surface area contributed by atoms with Gasteiger partial charge in [0.25, 0.3) is 5.91 Å². The van der Waals surface area contributed by atoms with Gasteiger partial charge in [-0.1, -0.05) is 6.07 Å². The minimum atomic E-state index is -0.0712. The monoisotopic (exact) mass is 321 g/mol. The molecule has 1 fully saturated rings. The first-order valence-corrected chi connectivity index (χ1v) is 8.31. The largest absolute Gasteiger partial charge is 0.464 e. The molecule has 0 saturated carbocycles. The maximum absolute atomic E-state index is 13.2. The van der Waals surface area contributed by atoms with Gasteiger partial charge in [0.15, 0.2) is 5.69 Å². The van der Waals surface area contributed by atoms with Crippen LogP contribution < -0.4 is 0 Å². The number of aromatic nitrogens is 2. The molecule has 1 unspecified atom stereocenters. The van der Waals surface area contributed by atoms with Gasteiger partial charge in [-0.05, 0) is 50.5 Å². The van der Waals surface area contributed by atoms with Crippen molar-refractivity contribution in [3.63, 3.8) is 0 Å². The molecule has 3 aromatic rings. The van der Waals surface area contributed by atoms with Crippen LogP contribution in [0.4, 0.5) is 0 Å². The standard InChI is InChI=1S/C19H19N3O2/c1-13-7-8-16(24-13)15-6-2-3-12-22(15)19(23)18-17-14(9-11-21-18)5-4-10-20-17/h4-5,7-11,15H,2-3,6,12H2,1H3. The van der Waals surface area contributed by atoms with Gasteiger partial charge in [-0.3, -0.25) is 9.78 Å². The van der Waals surface area contributed by atoms with Gasteiger partial charge in [0.1, 0.15) is 17.0 Å². The molecule has 3 aromatic heterocycles. The molecule has 0 bridgehead atoms. The topological polar surface area (TPSA) is 59.2 Å². The van der Waals surface area contributed by atoms with E-state index in [1.807, 2.05) is 42.2 Å². The summed E-state index contributed by atoms with van der Waals surface area (Å²) in [6.45, 7) is 2.64. The Hall–Kier alpha value is -2.69. The van der Waals surface area contributed by atoms with Gasteiger partial charge >= 0.3 is 0 Å². The summed E-state index contributed by atoms with van der Waals surface area (Å²) >= 11 is 0. The lowest BCUT2D eigenvalue weighted by Crippen LogP contribution is -2.38. The molecule has 0 N–H and O–H groups in total. The zero-order valence-corrected chi connectivity index (χ0v) is 13.6. The van der Waals surface area contributed by atoms with Gasteiger partial charge in [0, 0.05) is 24.3 Å². The zero-order chi connectivity index (χ0) is 16.5. The van der Waals surface area contributed by atoms with Crippen LogP contribution in [0.2, 0.25) is 0 Å². The number of fused-ring (bicyclic) bond motifs is 1. The third-order valence-corrected chi connectivity index (χ3v) is 4.58. The number of pyridine rings is 2. The number of piperidine rings is 1. The summed E-state index contributed by atoms with van der Waals surface area (Å²) in [5.41, 5.74) is 1.08. The van der Waals surface area contributed by atoms with E-state index in [1.165, 1.54) is 0 Å². The molecule has 1 saturated heterocycles. The number of furan rings is 1. The Balaban J connectivity index is 1.73. The Morgan fingerprint density at radius 2 is 2.08 bits per heavy atom. The lowest BCUT2D eigenvalue weighted by molar-refractivity contribution is 0.0575. The molecule has 4 heterocycles. The van der Waals surface area contributed by atoms with E-state index < -0.39 is 0 Å². The summed E-state index contributed by atoms with van der Waals surface area (Å²) in [5.74, 6) is 1.65. The van der Waals surface area contributed by atoms with E-state index in [0.29, 0.717) is 17.8 Å². The number of likely N-dealkylation sites (tertiary alicyclic amines) is 1. The number of carbonyl (C=O) groups excluding carboxylic acids is 1. The highest BCUT2D eigenvalue weighted by Gasteiger charge is 2.32. The number of hydrogen-bond acceptors (Lipinski definition) is 4. The molecule has 0 spiro atoms. The highest BCUT2D eigenvalue weighted by Crippen LogP contribution is 2.33. The van der Waals surface area contributed by atoms with Crippen molar-refractivity contribution in [2.24, 2.45) is 0 Å². The second kappa shape index (κ2) is 6.07. The number of nitrogens with zero attached hydrogens (tertiary/aromatic N) is 3. The molecule has 1 atom stereocenters. The second-order valence-electron chi connectivity index (χ2n) is 6.19. The van der Waals surface area contributed by atoms with Crippen molar-refractivity contribution in [3.05, 3.63) is 59.9 Å². The van der Waals surface area contributed by atoms with Crippen molar-refractivity contribution in [1.82, 2.24) is 14.9 Å². The minimum Gasteiger partial charge on any atom is -0.464 e. The fourth-order valence-electron chi connectivity index (χ4n) is 3.40. The predicted molar refractivity (Wildman–Crippen MR) is 90.6 cm³/mol. The van der Waals surface area contributed by atoms with Crippen molar-refractivity contribution in [2.45, 2.75) is 32.2 Å². The van der Waals surface area contributed by atoms with Crippen LogP contribution in [0.25, 0.3) is 10.9 Å². The van der Waals surface area contributed by atoms with Crippen molar-refractivity contribution in [1.29, 1.82) is 0 Å². The van der Waals surface area contributed by atoms with Gasteiger partial charge in [0.2, 0.25) is 0 Å². The summed E-state index contributed by atoms with van der Waals surface area (Å²) in [4.78, 5) is 23.8. The van der Waals surface area contributed by atoms with Crippen LogP contribution in [0.5, 0.6) is 0 Å². The Bertz CT molecular complexity index is 882. The Labute approximate surface area is 140 Å². The normalized spacial score (nSPS) is 18.0. The summed E-state index contributed by atoms with van der Waals surface area (Å²) < 4.78 is 5.80. The van der Waals surface area contributed by atoms with Crippen molar-refractivity contribution >= 4 is 16.8 Å². The smallest absolute Gasteiger partial charge is 0.275 e. The van der Waals surface area contributed by atoms with E-state index in [-0.39, 0.29) is 11.9 Å². The quantitative estimate of drug-likeness (QED) is 0.718. The van der Waals surface area contributed by atoms with Gasteiger partial charge in [-0.2, -0.15) is 0 Å². The second-order valence-corrected chi connectivity index (χ2v) is 6.19. The molecule has 122 valence electrons. The Morgan fingerprint density at radius 1 is 1.17 bits per heavy atom. The minimum absolute atomic E-state index is 0.0271. The Kier molecular flexibility index (Phi) is 3.76. The number of rotatable bonds is 2. The number of carbonyl (C=O) groups is 1. The molecule has 1 aliphatic heterocycles. The Morgan fingerprint density at radius 3 is 2.92 bits per heavy atom. The van der Waals surface area contributed by atoms with E-state index in [1.54, 1.807) is 12.4 Å². The lowest BCUT2D eigenvalue weighted by atomic mass is 9.99. The molecule has 1 aliphatic rings. The maximum atomic E-state index is 13.2. The van der Waals surface area contributed by atoms with Gasteiger partial charge in [-0.15, -0.1) is 0 Å². The van der Waals surface area contributed by atoms with Crippen molar-refractivity contribution in [2.75, 3.05) is 6.54 Å². The average Bonchev–Trinajstić information content (AvgIpc) is 3.07. The summed E-state index contributed by atoms with van der Waals surface area (Å²) in [6, 6.07) is 9.59. The molecule has 0 aliphatic carbocycles. The van der Waals surface area contributed by atoms with E-state index >= 15 is 0 Å². The van der Waals surface area contributed by atoms with Crippen LogP contribution in [0.15, 0.2) is 47.1 Å². The van der Waals surface area contributed by atoms with E-state index in [9.17, 15) is 4.79 Å². The summed E-state index contributed by atoms with van der Waals surface area (Å²) in [6.07, 6.45) is 6.38. The number of amides is 1. The fraction of sp³-hybridized carbons (Fsp3) is 0.316. The van der Waals surface area contributed by atoms with E-state index in [4.69, 9.17) is 4.42 Å². The third kappa shape index (κ3) is 2.56. The molecule has 1 amide bonds. The highest BCUT2D eigenvalue weighted by atomic mass is 16.3. The summed E-state index contributed by atoms with van der Waals surface area (Å²) in [5, 5.41) is 0.929. The number of hydrogen-bond donors (Lipinski definition) is 0. The first kappa shape index (κ1) is 14.9. The molecule has 4 rings (SSSR count). The van der Waals surface area contributed by atoms with E-state index in [2.05, 4.69) is 9.97 Å². The summed E-state index contributed by atoms with van der Waals surface area (Å²) in [7, 11) is 0. The maximum Gasteiger partial charge on any atom is 0.275 e. The first-order chi connectivity index (χ1) is 11.7. The third-order valence-electron chi connectivity index (χ3n) is 4.58. The molecular weight excluding hydrogens is 302 g/mol.